The molecule has 3 rings (SSSR count). The van der Waals surface area contributed by atoms with E-state index in [9.17, 15) is 4.79 Å². The summed E-state index contributed by atoms with van der Waals surface area (Å²) in [4.78, 5) is 12.0. The lowest BCUT2D eigenvalue weighted by molar-refractivity contribution is -0.120. The van der Waals surface area contributed by atoms with Crippen molar-refractivity contribution in [3.05, 3.63) is 63.6 Å². The molecule has 126 valence electrons. The number of benzene rings is 2. The average molecular weight is 388 g/mol. The number of carbonyl (C=O) groups is 1. The molecule has 0 aromatic heterocycles. The zero-order chi connectivity index (χ0) is 16.8. The number of ether oxygens (including phenoxy) is 1. The van der Waals surface area contributed by atoms with Crippen molar-refractivity contribution in [1.82, 2.24) is 5.32 Å². The van der Waals surface area contributed by atoms with Crippen LogP contribution in [0.5, 0.6) is 5.75 Å². The first-order valence-electron chi connectivity index (χ1n) is 8.47. The topological polar surface area (TPSA) is 38.3 Å². The van der Waals surface area contributed by atoms with Gasteiger partial charge in [0.2, 0.25) is 5.91 Å². The van der Waals surface area contributed by atoms with E-state index in [2.05, 4.69) is 33.4 Å². The summed E-state index contributed by atoms with van der Waals surface area (Å²) >= 11 is 3.39. The molecule has 24 heavy (non-hydrogen) atoms. The van der Waals surface area contributed by atoms with Gasteiger partial charge < -0.3 is 10.1 Å². The maximum atomic E-state index is 12.0. The van der Waals surface area contributed by atoms with Crippen molar-refractivity contribution in [3.8, 4) is 5.75 Å². The molecule has 1 N–H and O–H groups in total. The fourth-order valence-corrected chi connectivity index (χ4v) is 3.35. The molecule has 4 heteroatoms. The number of carbonyl (C=O) groups excluding carboxylic acids is 1. The van der Waals surface area contributed by atoms with Crippen molar-refractivity contribution >= 4 is 21.8 Å². The van der Waals surface area contributed by atoms with Crippen LogP contribution in [0.15, 0.2) is 46.9 Å². The van der Waals surface area contributed by atoms with E-state index in [1.807, 2.05) is 30.3 Å². The highest BCUT2D eigenvalue weighted by molar-refractivity contribution is 9.10. The Hall–Kier alpha value is -1.81. The molecule has 0 heterocycles. The highest BCUT2D eigenvalue weighted by atomic mass is 79.9. The van der Waals surface area contributed by atoms with E-state index in [4.69, 9.17) is 4.74 Å². The Morgan fingerprint density at radius 2 is 1.88 bits per heavy atom. The molecule has 2 aromatic carbocycles. The van der Waals surface area contributed by atoms with E-state index in [1.165, 1.54) is 24.0 Å². The van der Waals surface area contributed by atoms with Crippen LogP contribution in [0.4, 0.5) is 0 Å². The van der Waals surface area contributed by atoms with Gasteiger partial charge in [0.1, 0.15) is 12.4 Å². The van der Waals surface area contributed by atoms with Gasteiger partial charge in [0.25, 0.3) is 0 Å². The third-order valence-corrected chi connectivity index (χ3v) is 4.84. The minimum atomic E-state index is 0.0241. The summed E-state index contributed by atoms with van der Waals surface area (Å²) in [5.41, 5.74) is 3.77. The summed E-state index contributed by atoms with van der Waals surface area (Å²) in [7, 11) is 0. The number of amides is 1. The normalized spacial score (nSPS) is 13.2. The van der Waals surface area contributed by atoms with E-state index in [0.717, 1.165) is 28.6 Å². The molecule has 0 aliphatic heterocycles. The monoisotopic (exact) mass is 387 g/mol. The van der Waals surface area contributed by atoms with Gasteiger partial charge in [-0.2, -0.15) is 0 Å². The maximum Gasteiger partial charge on any atom is 0.224 e. The van der Waals surface area contributed by atoms with Crippen molar-refractivity contribution in [1.29, 1.82) is 0 Å². The van der Waals surface area contributed by atoms with Crippen molar-refractivity contribution in [2.24, 2.45) is 0 Å². The molecule has 0 radical (unpaired) electrons. The zero-order valence-corrected chi connectivity index (χ0v) is 15.3. The Morgan fingerprint density at radius 3 is 2.71 bits per heavy atom. The third-order valence-electron chi connectivity index (χ3n) is 4.31. The van der Waals surface area contributed by atoms with Crippen molar-refractivity contribution in [2.75, 3.05) is 13.2 Å². The fraction of sp³-hybridized carbons (Fsp3) is 0.350. The molecule has 1 aliphatic carbocycles. The minimum Gasteiger partial charge on any atom is -0.491 e. The molecule has 0 saturated carbocycles. The van der Waals surface area contributed by atoms with Crippen LogP contribution in [-0.2, 0) is 24.1 Å². The highest BCUT2D eigenvalue weighted by Crippen LogP contribution is 2.29. The Balaban J connectivity index is 1.44. The van der Waals surface area contributed by atoms with Crippen LogP contribution in [0, 0.1) is 0 Å². The molecule has 0 unspecified atom stereocenters. The number of hydrogen-bond acceptors (Lipinski definition) is 2. The Bertz CT molecular complexity index is 697. The van der Waals surface area contributed by atoms with Gasteiger partial charge in [0.15, 0.2) is 0 Å². The summed E-state index contributed by atoms with van der Waals surface area (Å²) in [6, 6.07) is 14.1. The third kappa shape index (κ3) is 4.60. The molecule has 1 amide bonds. The van der Waals surface area contributed by atoms with Gasteiger partial charge in [-0.25, -0.2) is 0 Å². The summed E-state index contributed by atoms with van der Waals surface area (Å²) < 4.78 is 6.92. The molecule has 2 aromatic rings. The second-order valence-corrected chi connectivity index (χ2v) is 7.02. The Kier molecular flexibility index (Phi) is 5.91. The van der Waals surface area contributed by atoms with Gasteiger partial charge in [-0.1, -0.05) is 40.2 Å². The zero-order valence-electron chi connectivity index (χ0n) is 13.7. The number of halogens is 1. The van der Waals surface area contributed by atoms with Crippen molar-refractivity contribution in [2.45, 2.75) is 32.1 Å². The van der Waals surface area contributed by atoms with Gasteiger partial charge in [-0.3, -0.25) is 4.79 Å². The van der Waals surface area contributed by atoms with Crippen LogP contribution in [0.3, 0.4) is 0 Å². The van der Waals surface area contributed by atoms with Crippen LogP contribution in [0.1, 0.15) is 29.5 Å². The van der Waals surface area contributed by atoms with Gasteiger partial charge in [0, 0.05) is 4.47 Å². The lowest BCUT2D eigenvalue weighted by Gasteiger charge is -2.19. The number of hydrogen-bond donors (Lipinski definition) is 1. The average Bonchev–Trinajstić information content (AvgIpc) is 2.61. The molecule has 1 aliphatic rings. The first-order valence-corrected chi connectivity index (χ1v) is 9.26. The first-order chi connectivity index (χ1) is 11.7. The summed E-state index contributed by atoms with van der Waals surface area (Å²) in [5.74, 6) is 1.00. The largest absolute Gasteiger partial charge is 0.491 e. The Morgan fingerprint density at radius 1 is 1.08 bits per heavy atom. The first kappa shape index (κ1) is 17.0. The van der Waals surface area contributed by atoms with E-state index < -0.39 is 0 Å². The van der Waals surface area contributed by atoms with Crippen LogP contribution in [0.25, 0.3) is 0 Å². The molecule has 3 nitrogen and oxygen atoms in total. The smallest absolute Gasteiger partial charge is 0.224 e. The van der Waals surface area contributed by atoms with Crippen LogP contribution in [0.2, 0.25) is 0 Å². The fourth-order valence-electron chi connectivity index (χ4n) is 3.08. The lowest BCUT2D eigenvalue weighted by Crippen LogP contribution is -2.29. The van der Waals surface area contributed by atoms with Gasteiger partial charge in [-0.05, 0) is 60.6 Å². The van der Waals surface area contributed by atoms with Gasteiger partial charge in [-0.15, -0.1) is 0 Å². The van der Waals surface area contributed by atoms with E-state index in [0.29, 0.717) is 19.6 Å². The van der Waals surface area contributed by atoms with E-state index in [-0.39, 0.29) is 5.91 Å². The quantitative estimate of drug-likeness (QED) is 0.758. The van der Waals surface area contributed by atoms with Crippen molar-refractivity contribution < 1.29 is 9.53 Å². The second-order valence-electron chi connectivity index (χ2n) is 6.10. The molecule has 0 fully saturated rings. The number of nitrogens with one attached hydrogen (secondary N) is 1. The molecular weight excluding hydrogens is 366 g/mol. The predicted octanol–water partition coefficient (Wildman–Crippen LogP) is 4.07. The molecule has 0 spiro atoms. The maximum absolute atomic E-state index is 12.0. The number of rotatable bonds is 6. The summed E-state index contributed by atoms with van der Waals surface area (Å²) in [5, 5.41) is 2.92. The predicted molar refractivity (Wildman–Crippen MR) is 99.4 cm³/mol. The minimum absolute atomic E-state index is 0.0241. The van der Waals surface area contributed by atoms with Crippen LogP contribution in [-0.4, -0.2) is 19.1 Å². The molecule has 0 atom stereocenters. The summed E-state index contributed by atoms with van der Waals surface area (Å²) in [6.07, 6.45) is 5.14. The second kappa shape index (κ2) is 8.34. The standard InChI is InChI=1S/C20H22BrNO2/c21-17-10-8-15(9-11-17)14-20(23)22-12-13-24-19-7-3-5-16-4-1-2-6-18(16)19/h3,5,7-11H,1-2,4,6,12-14H2,(H,22,23). The van der Waals surface area contributed by atoms with Crippen LogP contribution < -0.4 is 10.1 Å². The van der Waals surface area contributed by atoms with Gasteiger partial charge in [0.05, 0.1) is 13.0 Å². The SMILES string of the molecule is O=C(Cc1ccc(Br)cc1)NCCOc1cccc2c1CCCC2. The van der Waals surface area contributed by atoms with Gasteiger partial charge >= 0.3 is 0 Å². The molecular formula is C20H22BrNO2. The summed E-state index contributed by atoms with van der Waals surface area (Å²) in [6.45, 7) is 1.03. The van der Waals surface area contributed by atoms with E-state index >= 15 is 0 Å². The van der Waals surface area contributed by atoms with Crippen LogP contribution >= 0.6 is 15.9 Å². The number of fused-ring (bicyclic) bond motifs is 1. The number of aryl methyl sites for hydroxylation is 1. The van der Waals surface area contributed by atoms with E-state index in [1.54, 1.807) is 0 Å². The Labute approximate surface area is 151 Å². The molecule has 0 bridgehead atoms. The highest BCUT2D eigenvalue weighted by Gasteiger charge is 2.13. The lowest BCUT2D eigenvalue weighted by atomic mass is 9.91. The molecule has 0 saturated heterocycles. The van der Waals surface area contributed by atoms with Crippen molar-refractivity contribution in [3.63, 3.8) is 0 Å².